The summed E-state index contributed by atoms with van der Waals surface area (Å²) in [5.41, 5.74) is 6.24. The SMILES string of the molecule is CC(=O)/C(=N\N(C)c1cc(C(=O)N(C)c2ccccc2)ccc1C)C(=O)N(C)c1cc(C)c(N(C)C(=O)/C(=N/N(C)c2cc(C(=O)N(C)c3ccccc3)ccc2C)C(C)=O)cc1C. The van der Waals surface area contributed by atoms with Crippen LogP contribution in [0.5, 0.6) is 0 Å². The van der Waals surface area contributed by atoms with Gasteiger partial charge in [0, 0.05) is 90.0 Å². The number of anilines is 6. The molecule has 0 unspecified atom stereocenters. The summed E-state index contributed by atoms with van der Waals surface area (Å²) in [6.45, 7) is 9.72. The van der Waals surface area contributed by atoms with Crippen LogP contribution >= 0.6 is 0 Å². The monoisotopic (exact) mass is 862 g/mol. The van der Waals surface area contributed by atoms with Crippen LogP contribution in [0.1, 0.15) is 56.8 Å². The van der Waals surface area contributed by atoms with Gasteiger partial charge in [-0.2, -0.15) is 10.2 Å². The first-order valence-corrected chi connectivity index (χ1v) is 20.4. The molecule has 0 aromatic heterocycles. The Hall–Kier alpha value is -7.74. The van der Waals surface area contributed by atoms with Gasteiger partial charge in [-0.25, -0.2) is 0 Å². The number of aryl methyl sites for hydroxylation is 4. The Bertz CT molecular complexity index is 2510. The summed E-state index contributed by atoms with van der Waals surface area (Å²) in [6, 6.07) is 32.2. The zero-order chi connectivity index (χ0) is 47.2. The highest BCUT2D eigenvalue weighted by molar-refractivity contribution is 6.68. The average Bonchev–Trinajstić information content (AvgIpc) is 3.29. The number of hydrogen-bond donors (Lipinski definition) is 0. The van der Waals surface area contributed by atoms with E-state index in [0.29, 0.717) is 45.0 Å². The summed E-state index contributed by atoms with van der Waals surface area (Å²) in [5.74, 6) is -2.97. The minimum absolute atomic E-state index is 0.246. The Morgan fingerprint density at radius 2 is 0.719 bits per heavy atom. The number of hydrogen-bond acceptors (Lipinski definition) is 10. The maximum atomic E-state index is 14.1. The average molecular weight is 863 g/mol. The molecule has 0 saturated heterocycles. The number of carbonyl (C=O) groups excluding carboxylic acids is 6. The molecule has 0 heterocycles. The van der Waals surface area contributed by atoms with Crippen molar-refractivity contribution in [3.63, 3.8) is 0 Å². The largest absolute Gasteiger partial charge is 0.311 e. The predicted octanol–water partition coefficient (Wildman–Crippen LogP) is 7.56. The molecule has 14 nitrogen and oxygen atoms in total. The van der Waals surface area contributed by atoms with Crippen molar-refractivity contribution in [1.29, 1.82) is 0 Å². The summed E-state index contributed by atoms with van der Waals surface area (Å²) in [5, 5.41) is 11.7. The molecule has 5 aromatic rings. The lowest BCUT2D eigenvalue weighted by atomic mass is 10.1. The molecule has 0 radical (unpaired) electrons. The van der Waals surface area contributed by atoms with Crippen LogP contribution in [0.3, 0.4) is 0 Å². The van der Waals surface area contributed by atoms with Gasteiger partial charge in [0.2, 0.25) is 0 Å². The molecule has 5 rings (SSSR count). The lowest BCUT2D eigenvalue weighted by Crippen LogP contribution is -2.39. The van der Waals surface area contributed by atoms with E-state index in [0.717, 1.165) is 22.5 Å². The Kier molecular flexibility index (Phi) is 14.8. The van der Waals surface area contributed by atoms with E-state index in [1.165, 1.54) is 57.6 Å². The van der Waals surface area contributed by atoms with Crippen molar-refractivity contribution in [2.24, 2.45) is 10.2 Å². The van der Waals surface area contributed by atoms with Crippen LogP contribution in [0.15, 0.2) is 119 Å². The summed E-state index contributed by atoms with van der Waals surface area (Å²) in [7, 11) is 9.64. The van der Waals surface area contributed by atoms with E-state index < -0.39 is 23.4 Å². The zero-order valence-corrected chi connectivity index (χ0v) is 38.4. The number of Topliss-reactive ketones (excluding diaryl/α,β-unsaturated/α-hetero) is 2. The van der Waals surface area contributed by atoms with E-state index in [9.17, 15) is 28.8 Å². The first-order chi connectivity index (χ1) is 30.2. The van der Waals surface area contributed by atoms with Gasteiger partial charge in [0.15, 0.2) is 23.0 Å². The number of amides is 4. The normalized spacial score (nSPS) is 11.4. The Balaban J connectivity index is 1.38. The third-order valence-electron chi connectivity index (χ3n) is 10.9. The Morgan fingerprint density at radius 1 is 0.391 bits per heavy atom. The fourth-order valence-electron chi connectivity index (χ4n) is 7.09. The molecule has 0 atom stereocenters. The lowest BCUT2D eigenvalue weighted by Gasteiger charge is -2.26. The topological polar surface area (TPSA) is 147 Å². The van der Waals surface area contributed by atoms with Crippen molar-refractivity contribution in [3.05, 3.63) is 143 Å². The fourth-order valence-corrected chi connectivity index (χ4v) is 7.09. The maximum Gasteiger partial charge on any atom is 0.282 e. The second-order valence-corrected chi connectivity index (χ2v) is 15.6. The minimum atomic E-state index is -0.672. The van der Waals surface area contributed by atoms with Gasteiger partial charge < -0.3 is 19.6 Å². The summed E-state index contributed by atoms with van der Waals surface area (Å²) < 4.78 is 0. The highest BCUT2D eigenvalue weighted by Gasteiger charge is 2.28. The molecular weight excluding hydrogens is 809 g/mol. The van der Waals surface area contributed by atoms with Crippen molar-refractivity contribution >= 4 is 80.7 Å². The number of para-hydroxylation sites is 2. The molecule has 64 heavy (non-hydrogen) atoms. The van der Waals surface area contributed by atoms with Gasteiger partial charge in [-0.3, -0.25) is 38.8 Å². The van der Waals surface area contributed by atoms with Gasteiger partial charge in [-0.05, 0) is 111 Å². The number of ketones is 2. The molecule has 0 N–H and O–H groups in total. The molecule has 0 aliphatic carbocycles. The number of rotatable bonds is 14. The van der Waals surface area contributed by atoms with Crippen molar-refractivity contribution in [3.8, 4) is 0 Å². The molecule has 0 spiro atoms. The standard InChI is InChI=1S/C50H54N8O6/c1-31-23-25-37(47(61)53(7)39-19-15-13-16-20-39)29-43(31)57(11)51-45(35(5)59)49(63)55(9)41-27-34(4)42(28-33(41)3)56(10)50(64)46(36(6)60)52-58(12)44-30-38(26-24-32(44)2)48(62)54(8)40-21-17-14-18-22-40/h13-30H,1-12H3/b51-45+,52-46+. The predicted molar refractivity (Wildman–Crippen MR) is 256 cm³/mol. The van der Waals surface area contributed by atoms with E-state index in [-0.39, 0.29) is 23.2 Å². The quantitative estimate of drug-likeness (QED) is 0.0632. The van der Waals surface area contributed by atoms with E-state index >= 15 is 0 Å². The van der Waals surface area contributed by atoms with Crippen LogP contribution in [0.4, 0.5) is 34.1 Å². The van der Waals surface area contributed by atoms with Crippen LogP contribution in [0.25, 0.3) is 0 Å². The van der Waals surface area contributed by atoms with E-state index in [1.54, 1.807) is 90.6 Å². The third kappa shape index (κ3) is 10.3. The van der Waals surface area contributed by atoms with Gasteiger partial charge in [0.25, 0.3) is 23.6 Å². The maximum absolute atomic E-state index is 14.1. The van der Waals surface area contributed by atoms with Crippen molar-refractivity contribution in [1.82, 2.24) is 0 Å². The smallest absolute Gasteiger partial charge is 0.282 e. The number of benzene rings is 5. The van der Waals surface area contributed by atoms with E-state index in [1.807, 2.05) is 74.5 Å². The number of nitrogens with zero attached hydrogens (tertiary/aromatic N) is 8. The molecule has 0 aliphatic heterocycles. The Labute approximate surface area is 374 Å². The van der Waals surface area contributed by atoms with Crippen LogP contribution in [-0.4, -0.2) is 88.9 Å². The Morgan fingerprint density at radius 3 is 1.03 bits per heavy atom. The number of carbonyl (C=O) groups is 6. The molecule has 0 aliphatic rings. The molecule has 4 amide bonds. The molecule has 330 valence electrons. The lowest BCUT2D eigenvalue weighted by molar-refractivity contribution is -0.117. The summed E-state index contributed by atoms with van der Waals surface area (Å²) in [6.07, 6.45) is 0. The molecular formula is C50H54N8O6. The van der Waals surface area contributed by atoms with E-state index in [4.69, 9.17) is 0 Å². The van der Waals surface area contributed by atoms with Crippen molar-refractivity contribution in [2.45, 2.75) is 41.5 Å². The fraction of sp³-hybridized carbons (Fsp3) is 0.240. The second kappa shape index (κ2) is 20.0. The highest BCUT2D eigenvalue weighted by atomic mass is 16.2. The van der Waals surface area contributed by atoms with E-state index in [2.05, 4.69) is 10.2 Å². The first-order valence-electron chi connectivity index (χ1n) is 20.4. The highest BCUT2D eigenvalue weighted by Crippen LogP contribution is 2.31. The molecule has 14 heteroatoms. The first kappa shape index (κ1) is 47.3. The molecule has 0 bridgehead atoms. The van der Waals surface area contributed by atoms with Gasteiger partial charge in [-0.15, -0.1) is 0 Å². The van der Waals surface area contributed by atoms with Crippen molar-refractivity contribution in [2.75, 3.05) is 71.9 Å². The second-order valence-electron chi connectivity index (χ2n) is 15.6. The van der Waals surface area contributed by atoms with Crippen LogP contribution in [0, 0.1) is 27.7 Å². The zero-order valence-electron chi connectivity index (χ0n) is 38.4. The molecule has 5 aromatic carbocycles. The van der Waals surface area contributed by atoms with Crippen LogP contribution in [0.2, 0.25) is 0 Å². The summed E-state index contributed by atoms with van der Waals surface area (Å²) >= 11 is 0. The van der Waals surface area contributed by atoms with Crippen LogP contribution in [-0.2, 0) is 19.2 Å². The van der Waals surface area contributed by atoms with Gasteiger partial charge >= 0.3 is 0 Å². The van der Waals surface area contributed by atoms with Gasteiger partial charge in [0.1, 0.15) is 0 Å². The summed E-state index contributed by atoms with van der Waals surface area (Å²) in [4.78, 5) is 86.7. The number of hydrazone groups is 2. The van der Waals surface area contributed by atoms with Gasteiger partial charge in [-0.1, -0.05) is 48.5 Å². The molecule has 0 fully saturated rings. The van der Waals surface area contributed by atoms with Crippen LogP contribution < -0.4 is 29.6 Å². The third-order valence-corrected chi connectivity index (χ3v) is 10.9. The molecule has 0 saturated carbocycles. The van der Waals surface area contributed by atoms with Crippen molar-refractivity contribution < 1.29 is 28.8 Å². The minimum Gasteiger partial charge on any atom is -0.311 e. The van der Waals surface area contributed by atoms with Gasteiger partial charge in [0.05, 0.1) is 11.4 Å².